The van der Waals surface area contributed by atoms with E-state index >= 15 is 0 Å². The van der Waals surface area contributed by atoms with Crippen LogP contribution in [0, 0.1) is 17.3 Å². The number of likely N-dealkylation sites (N-methyl/N-ethyl adjacent to an activating group) is 1. The molecule has 0 spiro atoms. The van der Waals surface area contributed by atoms with Crippen molar-refractivity contribution < 1.29 is 43.5 Å². The summed E-state index contributed by atoms with van der Waals surface area (Å²) in [6, 6.07) is 50.4. The molecule has 18 heteroatoms. The first-order valence-electron chi connectivity index (χ1n) is 28.5. The number of phenolic OH excluding ortho intramolecular Hbond substituents is 1. The SMILES string of the molecule is C=CCC1(C(C)CC)C(=O)NC(=O)NC1=O.CC(=O)Nc1ccc(O)cc1.CC(CN1c2ccccc2Sc2ccccc21)N(C)C.COc1cccc([C@@]2(O)CCCC[C@@H]2CN(C)C)c1.NC(=O)C[S+]([O-])C(c1ccccc1)c1ccccc1. The van der Waals surface area contributed by atoms with Crippen molar-refractivity contribution in [3.63, 3.8) is 0 Å². The van der Waals surface area contributed by atoms with Crippen molar-refractivity contribution in [1.82, 2.24) is 20.4 Å². The monoisotopic (exact) mass is 1200 g/mol. The summed E-state index contributed by atoms with van der Waals surface area (Å²) in [6.07, 6.45) is 6.67. The number of para-hydroxylation sites is 2. The van der Waals surface area contributed by atoms with Crippen LogP contribution in [-0.4, -0.2) is 114 Å². The molecule has 2 heterocycles. The molecule has 0 aromatic heterocycles. The fourth-order valence-electron chi connectivity index (χ4n) is 10.3. The summed E-state index contributed by atoms with van der Waals surface area (Å²) in [6.45, 7) is 12.9. The van der Waals surface area contributed by atoms with Gasteiger partial charge in [-0.05, 0) is 138 Å². The van der Waals surface area contributed by atoms with E-state index in [0.717, 1.165) is 54.8 Å². The molecule has 6 aromatic rings. The molecule has 2 fully saturated rings. The first kappa shape index (κ1) is 68.3. The van der Waals surface area contributed by atoms with Crippen LogP contribution in [0.1, 0.15) is 88.2 Å². The zero-order chi connectivity index (χ0) is 62.3. The highest BCUT2D eigenvalue weighted by Gasteiger charge is 2.52. The molecule has 6 aromatic carbocycles. The molecule has 1 saturated carbocycles. The number of anilines is 3. The first-order valence-corrected chi connectivity index (χ1v) is 30.7. The number of hydrogen-bond acceptors (Lipinski definition) is 13. The standard InChI is InChI=1S/C17H20N2S.C16H25NO2.C15H15NO2S.C11H16N2O3.C8H9NO2/c1-13(18(2)3)12-19-14-8-4-6-10-16(14)20-17-11-7-5-9-15(17)19;1-17(2)12-14-7-4-5-10-16(14,18)13-8-6-9-15(11-13)19-3;16-14(17)11-19(18)15(12-7-3-1-4-8-12)13-9-5-2-6-10-13;1-4-6-11(7(3)5-2)8(14)12-10(16)13-9(11)15;1-6(10)9-7-2-4-8(11)5-3-7/h4-11,13H,12H2,1-3H3;6,8-9,11,14,18H,4-5,7,10,12H2,1-3H3;1-10,15H,11H2,(H2,16,17);4,7H,1,5-6H2,2-3H3,(H2,12,13,14,15,16);2-5,11H,1H3,(H,9,10)/t;14-,16+;;;/m.1.../s1. The summed E-state index contributed by atoms with van der Waals surface area (Å²) in [5.41, 5.74) is 9.43. The number of aliphatic hydroxyl groups is 1. The van der Waals surface area contributed by atoms with E-state index < -0.39 is 45.9 Å². The van der Waals surface area contributed by atoms with Crippen molar-refractivity contribution in [2.75, 3.05) is 64.4 Å². The van der Waals surface area contributed by atoms with Gasteiger partial charge in [0.1, 0.15) is 16.9 Å². The molecule has 1 aliphatic carbocycles. The average Bonchev–Trinajstić information content (AvgIpc) is 1.96. The summed E-state index contributed by atoms with van der Waals surface area (Å²) < 4.78 is 17.7. The number of amides is 6. The number of phenols is 1. The number of methoxy groups -OCH3 is 1. The molecule has 1 saturated heterocycles. The van der Waals surface area contributed by atoms with Gasteiger partial charge in [-0.2, -0.15) is 0 Å². The molecule has 85 heavy (non-hydrogen) atoms. The number of primary amides is 1. The maximum atomic E-state index is 12.4. The number of carbonyl (C=O) groups is 5. The number of ether oxygens (including phenoxy) is 1. The average molecular weight is 1200 g/mol. The van der Waals surface area contributed by atoms with Crippen molar-refractivity contribution in [2.24, 2.45) is 23.0 Å². The normalized spacial score (nSPS) is 17.6. The molecule has 3 aliphatic rings. The lowest BCUT2D eigenvalue weighted by atomic mass is 9.70. The van der Waals surface area contributed by atoms with E-state index in [4.69, 9.17) is 15.6 Å². The van der Waals surface area contributed by atoms with E-state index in [0.29, 0.717) is 24.1 Å². The maximum absolute atomic E-state index is 12.4. The third-order valence-corrected chi connectivity index (χ3v) is 17.9. The van der Waals surface area contributed by atoms with Gasteiger partial charge in [0, 0.05) is 58.6 Å². The van der Waals surface area contributed by atoms with Crippen LogP contribution in [0.15, 0.2) is 180 Å². The Morgan fingerprint density at radius 1 is 0.835 bits per heavy atom. The number of aromatic hydroxyl groups is 1. The van der Waals surface area contributed by atoms with E-state index in [2.05, 4.69) is 121 Å². The van der Waals surface area contributed by atoms with Gasteiger partial charge < -0.3 is 45.3 Å². The van der Waals surface area contributed by atoms with Gasteiger partial charge in [0.15, 0.2) is 11.0 Å². The maximum Gasteiger partial charge on any atom is 0.328 e. The Bertz CT molecular complexity index is 3010. The van der Waals surface area contributed by atoms with E-state index in [1.807, 2.05) is 111 Å². The third kappa shape index (κ3) is 19.3. The summed E-state index contributed by atoms with van der Waals surface area (Å²) in [5, 5.41) is 26.6. The van der Waals surface area contributed by atoms with Crippen LogP contribution in [0.3, 0.4) is 0 Å². The molecule has 9 rings (SSSR count). The lowest BCUT2D eigenvalue weighted by molar-refractivity contribution is -0.148. The second kappa shape index (κ2) is 33.3. The van der Waals surface area contributed by atoms with Gasteiger partial charge in [0.05, 0.1) is 24.1 Å². The van der Waals surface area contributed by atoms with Crippen molar-refractivity contribution in [3.8, 4) is 11.5 Å². The Hall–Kier alpha value is -7.45. The minimum Gasteiger partial charge on any atom is -0.615 e. The van der Waals surface area contributed by atoms with Crippen LogP contribution in [-0.2, 0) is 36.0 Å². The minimum absolute atomic E-state index is 0.115. The quantitative estimate of drug-likeness (QED) is 0.0216. The lowest BCUT2D eigenvalue weighted by Gasteiger charge is -2.41. The number of barbiturate groups is 1. The van der Waals surface area contributed by atoms with Crippen LogP contribution in [0.4, 0.5) is 21.9 Å². The van der Waals surface area contributed by atoms with E-state index in [1.54, 1.807) is 19.2 Å². The number of nitrogens with two attached hydrogens (primary N) is 1. The van der Waals surface area contributed by atoms with Crippen LogP contribution in [0.5, 0.6) is 11.5 Å². The number of rotatable bonds is 17. The molecule has 454 valence electrons. The Morgan fingerprint density at radius 2 is 1.38 bits per heavy atom. The summed E-state index contributed by atoms with van der Waals surface area (Å²) >= 11 is 0.502. The van der Waals surface area contributed by atoms with Gasteiger partial charge in [-0.1, -0.05) is 148 Å². The highest BCUT2D eigenvalue weighted by atomic mass is 32.2. The van der Waals surface area contributed by atoms with Crippen molar-refractivity contribution in [3.05, 3.63) is 187 Å². The van der Waals surface area contributed by atoms with Gasteiger partial charge in [0.25, 0.3) is 5.91 Å². The number of urea groups is 1. The third-order valence-electron chi connectivity index (χ3n) is 15.2. The predicted molar refractivity (Wildman–Crippen MR) is 342 cm³/mol. The largest absolute Gasteiger partial charge is 0.615 e. The lowest BCUT2D eigenvalue weighted by Crippen LogP contribution is -2.64. The van der Waals surface area contributed by atoms with Crippen molar-refractivity contribution >= 4 is 69.7 Å². The van der Waals surface area contributed by atoms with Gasteiger partial charge in [-0.25, -0.2) is 4.79 Å². The van der Waals surface area contributed by atoms with Gasteiger partial charge in [-0.15, -0.1) is 6.58 Å². The van der Waals surface area contributed by atoms with Crippen LogP contribution in [0.25, 0.3) is 0 Å². The van der Waals surface area contributed by atoms with E-state index in [-0.39, 0.29) is 35.0 Å². The second-order valence-electron chi connectivity index (χ2n) is 21.8. The summed E-state index contributed by atoms with van der Waals surface area (Å²) in [5.74, 6) is -0.702. The Morgan fingerprint density at radius 3 is 1.86 bits per heavy atom. The molecule has 2 aliphatic heterocycles. The van der Waals surface area contributed by atoms with Crippen LogP contribution in [0.2, 0.25) is 0 Å². The number of nitrogens with zero attached hydrogens (tertiary/aromatic N) is 3. The number of imide groups is 2. The van der Waals surface area contributed by atoms with Gasteiger partial charge in [0.2, 0.25) is 17.7 Å². The molecule has 16 nitrogen and oxygen atoms in total. The number of benzene rings is 6. The molecule has 6 amide bonds. The topological polar surface area (TPSA) is 230 Å². The highest BCUT2D eigenvalue weighted by molar-refractivity contribution is 7.99. The fourth-order valence-corrected chi connectivity index (χ4v) is 12.8. The number of carbonyl (C=O) groups excluding carboxylic acids is 5. The van der Waals surface area contributed by atoms with Crippen molar-refractivity contribution in [1.29, 1.82) is 0 Å². The zero-order valence-electron chi connectivity index (χ0n) is 50.5. The van der Waals surface area contributed by atoms with Crippen LogP contribution >= 0.6 is 11.8 Å². The molecular weight excluding hydrogens is 1110 g/mol. The Balaban J connectivity index is 0.000000197. The highest BCUT2D eigenvalue weighted by Crippen LogP contribution is 2.48. The van der Waals surface area contributed by atoms with Gasteiger partial charge in [-0.3, -0.25) is 29.8 Å². The van der Waals surface area contributed by atoms with Crippen LogP contribution < -0.4 is 31.3 Å². The summed E-state index contributed by atoms with van der Waals surface area (Å²) in [7, 11) is 10.1. The Labute approximate surface area is 509 Å². The molecule has 0 bridgehead atoms. The fraction of sp³-hybridized carbons (Fsp3) is 0.358. The molecule has 0 radical (unpaired) electrons. The minimum atomic E-state index is -1.36. The number of allylic oxidation sites excluding steroid dienone is 1. The second-order valence-corrected chi connectivity index (χ2v) is 24.4. The molecular formula is C67H85N7O9S2. The molecule has 3 unspecified atom stereocenters. The van der Waals surface area contributed by atoms with Crippen molar-refractivity contribution in [2.45, 2.75) is 92.9 Å². The molecule has 7 N–H and O–H groups in total. The number of hydrogen-bond donors (Lipinski definition) is 6. The number of fused-ring (bicyclic) bond motifs is 2. The zero-order valence-corrected chi connectivity index (χ0v) is 52.1. The Kier molecular flexibility index (Phi) is 26.8. The smallest absolute Gasteiger partial charge is 0.328 e. The predicted octanol–water partition coefficient (Wildman–Crippen LogP) is 11.2. The molecule has 5 atom stereocenters. The first-order chi connectivity index (χ1) is 40.6. The van der Waals surface area contributed by atoms with E-state index in [9.17, 15) is 33.6 Å². The summed E-state index contributed by atoms with van der Waals surface area (Å²) in [4.78, 5) is 65.9. The van der Waals surface area contributed by atoms with E-state index in [1.165, 1.54) is 52.7 Å². The van der Waals surface area contributed by atoms with Gasteiger partial charge >= 0.3 is 6.03 Å². The number of nitrogens with one attached hydrogen (secondary N) is 3.